The molecule has 2 aromatic rings. The number of aryl methyl sites for hydroxylation is 2. The van der Waals surface area contributed by atoms with Gasteiger partial charge in [0.2, 0.25) is 5.91 Å². The lowest BCUT2D eigenvalue weighted by Crippen LogP contribution is -2.48. The number of hydrogen-bond donors (Lipinski definition) is 1. The Balaban J connectivity index is 1.54. The smallest absolute Gasteiger partial charge is 0.287 e. The molecule has 2 aliphatic rings. The van der Waals surface area contributed by atoms with Crippen LogP contribution in [0.1, 0.15) is 53.9 Å². The van der Waals surface area contributed by atoms with Gasteiger partial charge in [0.15, 0.2) is 5.76 Å². The second kappa shape index (κ2) is 6.63. The Morgan fingerprint density at radius 2 is 2.15 bits per heavy atom. The molecule has 0 bridgehead atoms. The number of amides is 2. The number of piperidine rings is 1. The van der Waals surface area contributed by atoms with Crippen LogP contribution in [0.3, 0.4) is 0 Å². The quantitative estimate of drug-likeness (QED) is 0.890. The van der Waals surface area contributed by atoms with E-state index in [2.05, 4.69) is 10.3 Å². The van der Waals surface area contributed by atoms with Gasteiger partial charge in [-0.25, -0.2) is 4.98 Å². The molecule has 3 heterocycles. The fourth-order valence-corrected chi connectivity index (χ4v) is 3.84. The van der Waals surface area contributed by atoms with Crippen LogP contribution in [0, 0.1) is 12.8 Å². The Morgan fingerprint density at radius 3 is 2.77 bits per heavy atom. The molecule has 0 unspecified atom stereocenters. The first-order valence-electron chi connectivity index (χ1n) is 9.17. The van der Waals surface area contributed by atoms with Crippen LogP contribution in [-0.4, -0.2) is 38.9 Å². The van der Waals surface area contributed by atoms with E-state index >= 15 is 0 Å². The Labute approximate surface area is 152 Å². The van der Waals surface area contributed by atoms with Gasteiger partial charge in [0.25, 0.3) is 5.91 Å². The Morgan fingerprint density at radius 1 is 1.35 bits per heavy atom. The topological polar surface area (TPSA) is 80.4 Å². The lowest BCUT2D eigenvalue weighted by atomic mass is 9.87. The monoisotopic (exact) mass is 356 g/mol. The zero-order valence-electron chi connectivity index (χ0n) is 15.1. The molecular formula is C19H24N4O3. The Kier molecular flexibility index (Phi) is 4.30. The lowest BCUT2D eigenvalue weighted by Gasteiger charge is -2.41. The molecule has 2 atom stereocenters. The number of likely N-dealkylation sites (tertiary alicyclic amines) is 1. The van der Waals surface area contributed by atoms with Gasteiger partial charge < -0.3 is 19.2 Å². The van der Waals surface area contributed by atoms with Gasteiger partial charge >= 0.3 is 0 Å². The third-order valence-electron chi connectivity index (χ3n) is 5.32. The predicted molar refractivity (Wildman–Crippen MR) is 94.3 cm³/mol. The molecule has 7 heteroatoms. The molecule has 0 aromatic carbocycles. The first kappa shape index (κ1) is 16.9. The van der Waals surface area contributed by atoms with E-state index in [1.807, 2.05) is 29.6 Å². The van der Waals surface area contributed by atoms with Crippen molar-refractivity contribution in [1.29, 1.82) is 0 Å². The molecule has 7 nitrogen and oxygen atoms in total. The molecule has 1 saturated carbocycles. The van der Waals surface area contributed by atoms with Crippen LogP contribution in [0.15, 0.2) is 28.9 Å². The average molecular weight is 356 g/mol. The summed E-state index contributed by atoms with van der Waals surface area (Å²) in [7, 11) is 1.95. The highest BCUT2D eigenvalue weighted by atomic mass is 16.3. The van der Waals surface area contributed by atoms with Crippen molar-refractivity contribution in [3.63, 3.8) is 0 Å². The van der Waals surface area contributed by atoms with E-state index in [-0.39, 0.29) is 23.8 Å². The largest absolute Gasteiger partial charge is 0.456 e. The summed E-state index contributed by atoms with van der Waals surface area (Å²) in [6.07, 6.45) is 7.05. The molecule has 1 aliphatic carbocycles. The molecule has 26 heavy (non-hydrogen) atoms. The first-order chi connectivity index (χ1) is 12.5. The molecule has 2 aromatic heterocycles. The highest BCUT2D eigenvalue weighted by Gasteiger charge is 2.45. The second-order valence-electron chi connectivity index (χ2n) is 7.29. The highest BCUT2D eigenvalue weighted by Crippen LogP contribution is 2.42. The van der Waals surface area contributed by atoms with Crippen LogP contribution in [0.5, 0.6) is 0 Å². The van der Waals surface area contributed by atoms with Gasteiger partial charge in [-0.2, -0.15) is 0 Å². The fraction of sp³-hybridized carbons (Fsp3) is 0.526. The zero-order chi connectivity index (χ0) is 18.3. The maximum Gasteiger partial charge on any atom is 0.287 e. The summed E-state index contributed by atoms with van der Waals surface area (Å²) in [6.45, 7) is 2.31. The number of aromatic nitrogens is 2. The summed E-state index contributed by atoms with van der Waals surface area (Å²) in [6, 6.07) is 3.68. The van der Waals surface area contributed by atoms with E-state index in [0.717, 1.165) is 25.1 Å². The molecule has 2 fully saturated rings. The minimum absolute atomic E-state index is 0.0950. The normalized spacial score (nSPS) is 23.3. The van der Waals surface area contributed by atoms with Crippen LogP contribution >= 0.6 is 0 Å². The first-order valence-corrected chi connectivity index (χ1v) is 9.17. The SMILES string of the molecule is Cc1ccc(C(=O)NC[C@H]2CCC(=O)N(C3CC3)[C@@H]2c2nccn2C)o1. The highest BCUT2D eigenvalue weighted by molar-refractivity contribution is 5.91. The molecular weight excluding hydrogens is 332 g/mol. The fourth-order valence-electron chi connectivity index (χ4n) is 3.84. The summed E-state index contributed by atoms with van der Waals surface area (Å²) in [4.78, 5) is 31.5. The summed E-state index contributed by atoms with van der Waals surface area (Å²) >= 11 is 0. The number of rotatable bonds is 5. The van der Waals surface area contributed by atoms with Crippen LogP contribution < -0.4 is 5.32 Å². The standard InChI is InChI=1S/C19H24N4O3/c1-12-3-7-15(26-12)19(25)21-11-13-4-8-16(24)23(14-5-6-14)17(13)18-20-9-10-22(18)2/h3,7,9-10,13-14,17H,4-6,8,11H2,1-2H3,(H,21,25)/t13-,17+/m1/s1. The van der Waals surface area contributed by atoms with Crippen molar-refractivity contribution in [2.75, 3.05) is 6.54 Å². The van der Waals surface area contributed by atoms with Gasteiger partial charge in [-0.05, 0) is 38.3 Å². The third-order valence-corrected chi connectivity index (χ3v) is 5.32. The van der Waals surface area contributed by atoms with Crippen LogP contribution in [0.4, 0.5) is 0 Å². The van der Waals surface area contributed by atoms with Gasteiger partial charge in [-0.15, -0.1) is 0 Å². The van der Waals surface area contributed by atoms with Gasteiger partial charge in [-0.3, -0.25) is 9.59 Å². The Hall–Kier alpha value is -2.57. The van der Waals surface area contributed by atoms with Gasteiger partial charge in [0.05, 0.1) is 6.04 Å². The number of imidazole rings is 1. The number of hydrogen-bond acceptors (Lipinski definition) is 4. The van der Waals surface area contributed by atoms with Gasteiger partial charge in [0, 0.05) is 44.4 Å². The molecule has 1 saturated heterocycles. The van der Waals surface area contributed by atoms with E-state index < -0.39 is 0 Å². The van der Waals surface area contributed by atoms with Gasteiger partial charge in [-0.1, -0.05) is 0 Å². The van der Waals surface area contributed by atoms with E-state index in [4.69, 9.17) is 4.42 Å². The molecule has 0 radical (unpaired) electrons. The van der Waals surface area contributed by atoms with Crippen LogP contribution in [-0.2, 0) is 11.8 Å². The molecule has 1 N–H and O–H groups in total. The van der Waals surface area contributed by atoms with Gasteiger partial charge in [0.1, 0.15) is 11.6 Å². The molecule has 0 spiro atoms. The van der Waals surface area contributed by atoms with Crippen molar-refractivity contribution < 1.29 is 14.0 Å². The molecule has 2 amide bonds. The maximum absolute atomic E-state index is 12.6. The van der Waals surface area contributed by atoms with E-state index in [1.54, 1.807) is 18.3 Å². The van der Waals surface area contributed by atoms with Crippen molar-refractivity contribution in [2.45, 2.75) is 44.7 Å². The minimum atomic E-state index is -0.216. The summed E-state index contributed by atoms with van der Waals surface area (Å²) < 4.78 is 7.37. The minimum Gasteiger partial charge on any atom is -0.456 e. The van der Waals surface area contributed by atoms with Crippen molar-refractivity contribution in [2.24, 2.45) is 13.0 Å². The molecule has 4 rings (SSSR count). The molecule has 138 valence electrons. The zero-order valence-corrected chi connectivity index (χ0v) is 15.1. The van der Waals surface area contributed by atoms with Crippen molar-refractivity contribution >= 4 is 11.8 Å². The lowest BCUT2D eigenvalue weighted by molar-refractivity contribution is -0.140. The number of furan rings is 1. The maximum atomic E-state index is 12.6. The van der Waals surface area contributed by atoms with Crippen molar-refractivity contribution in [3.05, 3.63) is 41.9 Å². The van der Waals surface area contributed by atoms with Crippen LogP contribution in [0.2, 0.25) is 0 Å². The predicted octanol–water partition coefficient (Wildman–Crippen LogP) is 2.19. The Bertz CT molecular complexity index is 820. The second-order valence-corrected chi connectivity index (χ2v) is 7.29. The van der Waals surface area contributed by atoms with E-state index in [0.29, 0.717) is 30.5 Å². The number of nitrogens with one attached hydrogen (secondary N) is 1. The number of carbonyl (C=O) groups excluding carboxylic acids is 2. The summed E-state index contributed by atoms with van der Waals surface area (Å²) in [5, 5.41) is 2.98. The number of carbonyl (C=O) groups is 2. The van der Waals surface area contributed by atoms with E-state index in [1.165, 1.54) is 0 Å². The van der Waals surface area contributed by atoms with E-state index in [9.17, 15) is 9.59 Å². The molecule has 1 aliphatic heterocycles. The van der Waals surface area contributed by atoms with Crippen molar-refractivity contribution in [1.82, 2.24) is 19.8 Å². The van der Waals surface area contributed by atoms with Crippen molar-refractivity contribution in [3.8, 4) is 0 Å². The average Bonchev–Trinajstić information content (AvgIpc) is 3.22. The summed E-state index contributed by atoms with van der Waals surface area (Å²) in [5.41, 5.74) is 0. The summed E-state index contributed by atoms with van der Waals surface area (Å²) in [5.74, 6) is 2.04. The number of nitrogens with zero attached hydrogens (tertiary/aromatic N) is 3. The third kappa shape index (κ3) is 3.13. The van der Waals surface area contributed by atoms with Crippen LogP contribution in [0.25, 0.3) is 0 Å².